The summed E-state index contributed by atoms with van der Waals surface area (Å²) in [5.41, 5.74) is 1.03. The molecule has 0 bridgehead atoms. The van der Waals surface area contributed by atoms with E-state index in [4.69, 9.17) is 0 Å². The van der Waals surface area contributed by atoms with Crippen molar-refractivity contribution in [1.82, 2.24) is 19.9 Å². The van der Waals surface area contributed by atoms with E-state index in [9.17, 15) is 0 Å². The van der Waals surface area contributed by atoms with Gasteiger partial charge in [-0.15, -0.1) is 11.3 Å². The Bertz CT molecular complexity index is 429. The van der Waals surface area contributed by atoms with E-state index in [1.54, 1.807) is 23.7 Å². The molecule has 4 nitrogen and oxygen atoms in total. The fourth-order valence-electron chi connectivity index (χ4n) is 1.59. The molecule has 2 heterocycles. The molecular weight excluding hydrogens is 232 g/mol. The quantitative estimate of drug-likeness (QED) is 0.811. The maximum absolute atomic E-state index is 4.30. The van der Waals surface area contributed by atoms with Crippen LogP contribution >= 0.6 is 11.3 Å². The van der Waals surface area contributed by atoms with Gasteiger partial charge in [0.1, 0.15) is 5.01 Å². The molecule has 0 fully saturated rings. The Morgan fingerprint density at radius 2 is 2.18 bits per heavy atom. The molecule has 0 saturated carbocycles. The number of rotatable bonds is 5. The van der Waals surface area contributed by atoms with Gasteiger partial charge in [0, 0.05) is 42.6 Å². The first-order valence-corrected chi connectivity index (χ1v) is 6.47. The normalized spacial score (nSPS) is 12.9. The van der Waals surface area contributed by atoms with Crippen LogP contribution in [0.3, 0.4) is 0 Å². The fraction of sp³-hybridized carbons (Fsp3) is 0.417. The molecule has 5 heteroatoms. The number of aromatic nitrogens is 3. The fourth-order valence-corrected chi connectivity index (χ4v) is 2.27. The van der Waals surface area contributed by atoms with Crippen molar-refractivity contribution in [2.75, 3.05) is 7.05 Å². The molecule has 0 unspecified atom stereocenters. The van der Waals surface area contributed by atoms with E-state index in [-0.39, 0.29) is 0 Å². The Balaban J connectivity index is 1.89. The number of hydrogen-bond acceptors (Lipinski definition) is 5. The molecule has 0 aliphatic rings. The summed E-state index contributed by atoms with van der Waals surface area (Å²) >= 11 is 1.69. The van der Waals surface area contributed by atoms with E-state index in [1.807, 2.05) is 17.8 Å². The lowest BCUT2D eigenvalue weighted by atomic mass is 10.1. The van der Waals surface area contributed by atoms with Crippen molar-refractivity contribution in [3.63, 3.8) is 0 Å². The van der Waals surface area contributed by atoms with Crippen molar-refractivity contribution in [3.05, 3.63) is 40.9 Å². The largest absolute Gasteiger partial charge is 0.297 e. The second-order valence-corrected chi connectivity index (χ2v) is 5.07. The third-order valence-corrected chi connectivity index (χ3v) is 3.51. The van der Waals surface area contributed by atoms with Gasteiger partial charge in [0.15, 0.2) is 0 Å². The van der Waals surface area contributed by atoms with Gasteiger partial charge in [-0.1, -0.05) is 0 Å². The predicted octanol–water partition coefficient (Wildman–Crippen LogP) is 2.00. The van der Waals surface area contributed by atoms with Crippen LogP contribution in [0.4, 0.5) is 0 Å². The number of nitrogens with zero attached hydrogens (tertiary/aromatic N) is 4. The van der Waals surface area contributed by atoms with Crippen LogP contribution < -0.4 is 0 Å². The minimum absolute atomic E-state index is 0.426. The molecule has 2 rings (SSSR count). The van der Waals surface area contributed by atoms with Crippen LogP contribution in [0.1, 0.15) is 17.6 Å². The highest BCUT2D eigenvalue weighted by Crippen LogP contribution is 2.11. The summed E-state index contributed by atoms with van der Waals surface area (Å²) in [5.74, 6) is 0. The van der Waals surface area contributed by atoms with Crippen LogP contribution in [-0.2, 0) is 13.0 Å². The van der Waals surface area contributed by atoms with Crippen LogP contribution in [0, 0.1) is 0 Å². The molecule has 0 N–H and O–H groups in total. The zero-order valence-electron chi connectivity index (χ0n) is 10.1. The van der Waals surface area contributed by atoms with E-state index < -0.39 is 0 Å². The maximum atomic E-state index is 4.30. The molecule has 2 aromatic heterocycles. The molecule has 0 aliphatic heterocycles. The van der Waals surface area contributed by atoms with Crippen LogP contribution in [0.2, 0.25) is 0 Å². The molecule has 2 aromatic rings. The SMILES string of the molecule is C[C@H](Cc1cnccn1)N(C)Cc1nccs1. The Morgan fingerprint density at radius 1 is 1.29 bits per heavy atom. The summed E-state index contributed by atoms with van der Waals surface area (Å²) in [7, 11) is 2.11. The third kappa shape index (κ3) is 3.57. The number of hydrogen-bond donors (Lipinski definition) is 0. The van der Waals surface area contributed by atoms with Gasteiger partial charge in [0.25, 0.3) is 0 Å². The summed E-state index contributed by atoms with van der Waals surface area (Å²) in [4.78, 5) is 15.0. The number of thiazole rings is 1. The minimum Gasteiger partial charge on any atom is -0.297 e. The predicted molar refractivity (Wildman–Crippen MR) is 68.8 cm³/mol. The molecule has 17 heavy (non-hydrogen) atoms. The van der Waals surface area contributed by atoms with Gasteiger partial charge in [-0.05, 0) is 14.0 Å². The molecule has 0 aromatic carbocycles. The molecule has 0 spiro atoms. The standard InChI is InChI=1S/C12H16N4S/c1-10(7-11-8-13-3-4-14-11)16(2)9-12-15-5-6-17-12/h3-6,8,10H,7,9H2,1-2H3/t10-/m1/s1. The number of likely N-dealkylation sites (N-methyl/N-ethyl adjacent to an activating group) is 1. The minimum atomic E-state index is 0.426. The van der Waals surface area contributed by atoms with Crippen molar-refractivity contribution in [3.8, 4) is 0 Å². The van der Waals surface area contributed by atoms with E-state index in [1.165, 1.54) is 0 Å². The van der Waals surface area contributed by atoms with Gasteiger partial charge in [-0.3, -0.25) is 14.9 Å². The van der Waals surface area contributed by atoms with Gasteiger partial charge >= 0.3 is 0 Å². The molecule has 0 radical (unpaired) electrons. The highest BCUT2D eigenvalue weighted by atomic mass is 32.1. The zero-order chi connectivity index (χ0) is 12.1. The lowest BCUT2D eigenvalue weighted by molar-refractivity contribution is 0.246. The van der Waals surface area contributed by atoms with Crippen LogP contribution in [0.25, 0.3) is 0 Å². The third-order valence-electron chi connectivity index (χ3n) is 2.74. The molecule has 90 valence electrons. The summed E-state index contributed by atoms with van der Waals surface area (Å²) in [6.07, 6.45) is 8.03. The summed E-state index contributed by atoms with van der Waals surface area (Å²) < 4.78 is 0. The Hall–Kier alpha value is -1.33. The molecule has 1 atom stereocenters. The van der Waals surface area contributed by atoms with Crippen molar-refractivity contribution < 1.29 is 0 Å². The topological polar surface area (TPSA) is 41.9 Å². The second-order valence-electron chi connectivity index (χ2n) is 4.09. The van der Waals surface area contributed by atoms with E-state index in [0.29, 0.717) is 6.04 Å². The highest BCUT2D eigenvalue weighted by molar-refractivity contribution is 7.09. The van der Waals surface area contributed by atoms with E-state index in [2.05, 4.69) is 33.8 Å². The first-order valence-electron chi connectivity index (χ1n) is 5.59. The van der Waals surface area contributed by atoms with E-state index >= 15 is 0 Å². The molecular formula is C12H16N4S. The van der Waals surface area contributed by atoms with Gasteiger partial charge < -0.3 is 0 Å². The average Bonchev–Trinajstić information content (AvgIpc) is 2.83. The van der Waals surface area contributed by atoms with Gasteiger partial charge in [-0.25, -0.2) is 4.98 Å². The van der Waals surface area contributed by atoms with Gasteiger partial charge in [-0.2, -0.15) is 0 Å². The first-order chi connectivity index (χ1) is 8.25. The zero-order valence-corrected chi connectivity index (χ0v) is 10.9. The van der Waals surface area contributed by atoms with Gasteiger partial charge in [0.2, 0.25) is 0 Å². The summed E-state index contributed by atoms with van der Waals surface area (Å²) in [6.45, 7) is 3.08. The smallest absolute Gasteiger partial charge is 0.107 e. The Labute approximate surface area is 105 Å². The second kappa shape index (κ2) is 5.84. The van der Waals surface area contributed by atoms with Gasteiger partial charge in [0.05, 0.1) is 12.2 Å². The summed E-state index contributed by atoms with van der Waals surface area (Å²) in [5, 5.41) is 3.16. The monoisotopic (exact) mass is 248 g/mol. The van der Waals surface area contributed by atoms with Crippen molar-refractivity contribution >= 4 is 11.3 Å². The maximum Gasteiger partial charge on any atom is 0.107 e. The first kappa shape index (κ1) is 12.1. The van der Waals surface area contributed by atoms with Crippen molar-refractivity contribution in [2.24, 2.45) is 0 Å². The average molecular weight is 248 g/mol. The highest BCUT2D eigenvalue weighted by Gasteiger charge is 2.12. The molecule has 0 aliphatic carbocycles. The van der Waals surface area contributed by atoms with Crippen molar-refractivity contribution in [2.45, 2.75) is 25.9 Å². The van der Waals surface area contributed by atoms with Crippen LogP contribution in [0.15, 0.2) is 30.2 Å². The lowest BCUT2D eigenvalue weighted by Crippen LogP contribution is -2.30. The lowest BCUT2D eigenvalue weighted by Gasteiger charge is -2.23. The van der Waals surface area contributed by atoms with Crippen LogP contribution in [0.5, 0.6) is 0 Å². The van der Waals surface area contributed by atoms with Crippen LogP contribution in [-0.4, -0.2) is 32.9 Å². The Kier molecular flexibility index (Phi) is 4.17. The molecule has 0 amide bonds. The van der Waals surface area contributed by atoms with E-state index in [0.717, 1.165) is 23.7 Å². The Morgan fingerprint density at radius 3 is 2.82 bits per heavy atom. The van der Waals surface area contributed by atoms with Crippen molar-refractivity contribution in [1.29, 1.82) is 0 Å². The summed E-state index contributed by atoms with van der Waals surface area (Å²) in [6, 6.07) is 0.426. The molecule has 0 saturated heterocycles.